The average molecular weight is 207 g/mol. The molecule has 1 aromatic carbocycles. The Bertz CT molecular complexity index is 260. The highest BCUT2D eigenvalue weighted by Crippen LogP contribution is 2.08. The minimum absolute atomic E-state index is 0.140. The zero-order valence-corrected chi connectivity index (χ0v) is 9.39. The van der Waals surface area contributed by atoms with Gasteiger partial charge in [0.2, 0.25) is 0 Å². The summed E-state index contributed by atoms with van der Waals surface area (Å²) in [6.45, 7) is 2.12. The van der Waals surface area contributed by atoms with E-state index in [0.29, 0.717) is 0 Å². The van der Waals surface area contributed by atoms with E-state index >= 15 is 0 Å². The lowest BCUT2D eigenvalue weighted by molar-refractivity contribution is 0.132. The van der Waals surface area contributed by atoms with E-state index in [-0.39, 0.29) is 12.1 Å². The fourth-order valence-corrected chi connectivity index (χ4v) is 1.65. The molecule has 1 aromatic rings. The van der Waals surface area contributed by atoms with Crippen LogP contribution in [0.1, 0.15) is 31.7 Å². The number of unbranched alkanes of at least 4 members (excludes halogenated alkanes) is 1. The van der Waals surface area contributed by atoms with E-state index in [1.165, 1.54) is 5.56 Å². The lowest BCUT2D eigenvalue weighted by Gasteiger charge is -2.18. The summed E-state index contributed by atoms with van der Waals surface area (Å²) < 4.78 is 0. The van der Waals surface area contributed by atoms with Gasteiger partial charge in [-0.15, -0.1) is 0 Å². The van der Waals surface area contributed by atoms with Crippen LogP contribution in [-0.4, -0.2) is 17.3 Å². The number of hydrogen-bond acceptors (Lipinski definition) is 2. The molecular formula is C13H21NO. The van der Waals surface area contributed by atoms with Gasteiger partial charge in [-0.2, -0.15) is 0 Å². The second-order valence-corrected chi connectivity index (χ2v) is 4.06. The Morgan fingerprint density at radius 2 is 1.93 bits per heavy atom. The first-order valence-corrected chi connectivity index (χ1v) is 5.71. The molecule has 0 bridgehead atoms. The molecular weight excluding hydrogens is 186 g/mol. The van der Waals surface area contributed by atoms with E-state index in [9.17, 15) is 5.11 Å². The zero-order chi connectivity index (χ0) is 11.1. The molecule has 1 rings (SSSR count). The maximum atomic E-state index is 9.79. The summed E-state index contributed by atoms with van der Waals surface area (Å²) in [5.41, 5.74) is 7.13. The molecule has 0 fully saturated rings. The summed E-state index contributed by atoms with van der Waals surface area (Å²) in [6.07, 6.45) is 3.35. The van der Waals surface area contributed by atoms with Crippen LogP contribution in [0, 0.1) is 0 Å². The molecule has 0 saturated heterocycles. The molecule has 2 heteroatoms. The molecule has 0 aliphatic carbocycles. The highest BCUT2D eigenvalue weighted by molar-refractivity contribution is 5.16. The van der Waals surface area contributed by atoms with Crippen LogP contribution in [0.4, 0.5) is 0 Å². The number of aliphatic hydroxyl groups excluding tert-OH is 1. The van der Waals surface area contributed by atoms with E-state index in [4.69, 9.17) is 5.73 Å². The summed E-state index contributed by atoms with van der Waals surface area (Å²) >= 11 is 0. The van der Waals surface area contributed by atoms with Gasteiger partial charge in [-0.05, 0) is 18.4 Å². The lowest BCUT2D eigenvalue weighted by atomic mass is 9.99. The van der Waals surface area contributed by atoms with Crippen molar-refractivity contribution in [2.45, 2.75) is 44.8 Å². The van der Waals surface area contributed by atoms with E-state index in [2.05, 4.69) is 6.92 Å². The molecule has 0 unspecified atom stereocenters. The van der Waals surface area contributed by atoms with Gasteiger partial charge in [0.15, 0.2) is 0 Å². The highest BCUT2D eigenvalue weighted by atomic mass is 16.3. The zero-order valence-electron chi connectivity index (χ0n) is 9.39. The Balaban J connectivity index is 2.38. The average Bonchev–Trinajstić information content (AvgIpc) is 2.27. The van der Waals surface area contributed by atoms with Gasteiger partial charge in [-0.1, -0.05) is 50.1 Å². The first-order chi connectivity index (χ1) is 7.24. The topological polar surface area (TPSA) is 46.2 Å². The van der Waals surface area contributed by atoms with Crippen molar-refractivity contribution in [3.05, 3.63) is 35.9 Å². The van der Waals surface area contributed by atoms with Crippen LogP contribution in [0.5, 0.6) is 0 Å². The van der Waals surface area contributed by atoms with Gasteiger partial charge in [0.1, 0.15) is 0 Å². The van der Waals surface area contributed by atoms with Crippen molar-refractivity contribution < 1.29 is 5.11 Å². The molecule has 0 saturated carbocycles. The van der Waals surface area contributed by atoms with Crippen LogP contribution in [0.3, 0.4) is 0 Å². The van der Waals surface area contributed by atoms with Crippen molar-refractivity contribution in [3.63, 3.8) is 0 Å². The third-order valence-corrected chi connectivity index (χ3v) is 2.66. The van der Waals surface area contributed by atoms with Crippen molar-refractivity contribution in [2.24, 2.45) is 5.73 Å². The van der Waals surface area contributed by atoms with Gasteiger partial charge < -0.3 is 10.8 Å². The Kier molecular flexibility index (Phi) is 5.37. The number of hydrogen-bond donors (Lipinski definition) is 2. The Hall–Kier alpha value is -0.860. The second-order valence-electron chi connectivity index (χ2n) is 4.06. The summed E-state index contributed by atoms with van der Waals surface area (Å²) in [6, 6.07) is 9.95. The molecule has 0 amide bonds. The third kappa shape index (κ3) is 4.45. The van der Waals surface area contributed by atoms with E-state index < -0.39 is 0 Å². The highest BCUT2D eigenvalue weighted by Gasteiger charge is 2.14. The molecule has 0 aromatic heterocycles. The van der Waals surface area contributed by atoms with Gasteiger partial charge in [0.25, 0.3) is 0 Å². The SMILES string of the molecule is CCCC[C@@H](O)[C@@H](N)Cc1ccccc1. The van der Waals surface area contributed by atoms with Gasteiger partial charge in [0, 0.05) is 6.04 Å². The Morgan fingerprint density at radius 1 is 1.27 bits per heavy atom. The minimum Gasteiger partial charge on any atom is -0.392 e. The van der Waals surface area contributed by atoms with Crippen LogP contribution in [0.2, 0.25) is 0 Å². The number of aliphatic hydroxyl groups is 1. The predicted molar refractivity (Wildman–Crippen MR) is 63.7 cm³/mol. The maximum Gasteiger partial charge on any atom is 0.0694 e. The third-order valence-electron chi connectivity index (χ3n) is 2.66. The van der Waals surface area contributed by atoms with Crippen LogP contribution < -0.4 is 5.73 Å². The molecule has 0 radical (unpaired) electrons. The molecule has 2 atom stereocenters. The molecule has 2 nitrogen and oxygen atoms in total. The minimum atomic E-state index is -0.370. The maximum absolute atomic E-state index is 9.79. The molecule has 3 N–H and O–H groups in total. The molecule has 0 heterocycles. The predicted octanol–water partition coefficient (Wildman–Crippen LogP) is 2.11. The second kappa shape index (κ2) is 6.59. The largest absolute Gasteiger partial charge is 0.392 e. The first-order valence-electron chi connectivity index (χ1n) is 5.71. The van der Waals surface area contributed by atoms with Crippen LogP contribution >= 0.6 is 0 Å². The quantitative estimate of drug-likeness (QED) is 0.750. The van der Waals surface area contributed by atoms with Gasteiger partial charge in [-0.3, -0.25) is 0 Å². The molecule has 15 heavy (non-hydrogen) atoms. The van der Waals surface area contributed by atoms with Gasteiger partial charge >= 0.3 is 0 Å². The van der Waals surface area contributed by atoms with Gasteiger partial charge in [0.05, 0.1) is 6.10 Å². The number of nitrogens with two attached hydrogens (primary N) is 1. The number of benzene rings is 1. The smallest absolute Gasteiger partial charge is 0.0694 e. The Labute approximate surface area is 92.1 Å². The normalized spacial score (nSPS) is 14.9. The molecule has 84 valence electrons. The van der Waals surface area contributed by atoms with Crippen LogP contribution in [0.25, 0.3) is 0 Å². The fraction of sp³-hybridized carbons (Fsp3) is 0.538. The summed E-state index contributed by atoms with van der Waals surface area (Å²) in [5, 5.41) is 9.79. The summed E-state index contributed by atoms with van der Waals surface area (Å²) in [4.78, 5) is 0. The van der Waals surface area contributed by atoms with Crippen molar-refractivity contribution in [1.29, 1.82) is 0 Å². The van der Waals surface area contributed by atoms with Crippen molar-refractivity contribution in [3.8, 4) is 0 Å². The Morgan fingerprint density at radius 3 is 2.53 bits per heavy atom. The van der Waals surface area contributed by atoms with Crippen molar-refractivity contribution in [1.82, 2.24) is 0 Å². The van der Waals surface area contributed by atoms with Crippen molar-refractivity contribution >= 4 is 0 Å². The van der Waals surface area contributed by atoms with E-state index in [1.54, 1.807) is 0 Å². The van der Waals surface area contributed by atoms with Crippen LogP contribution in [-0.2, 0) is 6.42 Å². The van der Waals surface area contributed by atoms with Crippen LogP contribution in [0.15, 0.2) is 30.3 Å². The van der Waals surface area contributed by atoms with E-state index in [1.807, 2.05) is 30.3 Å². The molecule has 0 spiro atoms. The van der Waals surface area contributed by atoms with Crippen molar-refractivity contribution in [2.75, 3.05) is 0 Å². The molecule has 0 aliphatic rings. The summed E-state index contributed by atoms with van der Waals surface area (Å²) in [7, 11) is 0. The first kappa shape index (κ1) is 12.2. The standard InChI is InChI=1S/C13H21NO/c1-2-3-9-13(15)12(14)10-11-7-5-4-6-8-11/h4-8,12-13,15H,2-3,9-10,14H2,1H3/t12-,13+/m0/s1. The van der Waals surface area contributed by atoms with E-state index in [0.717, 1.165) is 25.7 Å². The summed E-state index contributed by atoms with van der Waals surface area (Å²) in [5.74, 6) is 0. The fourth-order valence-electron chi connectivity index (χ4n) is 1.65. The van der Waals surface area contributed by atoms with Gasteiger partial charge in [-0.25, -0.2) is 0 Å². The molecule has 0 aliphatic heterocycles. The number of rotatable bonds is 6. The lowest BCUT2D eigenvalue weighted by Crippen LogP contribution is -2.36. The monoisotopic (exact) mass is 207 g/mol.